The highest BCUT2D eigenvalue weighted by Crippen LogP contribution is 2.10. The Labute approximate surface area is 118 Å². The van der Waals surface area contributed by atoms with E-state index < -0.39 is 5.82 Å². The van der Waals surface area contributed by atoms with Gasteiger partial charge in [-0.05, 0) is 32.0 Å². The van der Waals surface area contributed by atoms with Gasteiger partial charge in [0.05, 0.1) is 18.7 Å². The molecular formula is C15H19FN2O2. The van der Waals surface area contributed by atoms with Crippen molar-refractivity contribution in [1.82, 2.24) is 5.32 Å². The molecule has 20 heavy (non-hydrogen) atoms. The van der Waals surface area contributed by atoms with E-state index in [4.69, 9.17) is 10.5 Å². The van der Waals surface area contributed by atoms with Gasteiger partial charge in [-0.25, -0.2) is 4.39 Å². The van der Waals surface area contributed by atoms with Crippen LogP contribution in [0.5, 0.6) is 0 Å². The van der Waals surface area contributed by atoms with Gasteiger partial charge in [-0.1, -0.05) is 11.8 Å². The van der Waals surface area contributed by atoms with E-state index in [2.05, 4.69) is 17.2 Å². The van der Waals surface area contributed by atoms with Gasteiger partial charge in [0.1, 0.15) is 5.82 Å². The molecule has 108 valence electrons. The quantitative estimate of drug-likeness (QED) is 0.798. The summed E-state index contributed by atoms with van der Waals surface area (Å²) in [6.45, 7) is 4.88. The lowest BCUT2D eigenvalue weighted by Gasteiger charge is -2.14. The summed E-state index contributed by atoms with van der Waals surface area (Å²) in [4.78, 5) is 12.1. The molecule has 0 aromatic heterocycles. The zero-order chi connectivity index (χ0) is 15.0. The van der Waals surface area contributed by atoms with Crippen molar-refractivity contribution >= 4 is 5.91 Å². The third-order valence-corrected chi connectivity index (χ3v) is 2.50. The molecule has 1 aromatic carbocycles. The summed E-state index contributed by atoms with van der Waals surface area (Å²) in [6, 6.07) is 3.74. The zero-order valence-corrected chi connectivity index (χ0v) is 11.7. The Morgan fingerprint density at radius 1 is 1.55 bits per heavy atom. The molecule has 0 fully saturated rings. The summed E-state index contributed by atoms with van der Waals surface area (Å²) in [7, 11) is 0. The van der Waals surface area contributed by atoms with Gasteiger partial charge in [0.2, 0.25) is 0 Å². The van der Waals surface area contributed by atoms with Crippen LogP contribution in [0.4, 0.5) is 4.39 Å². The second-order valence-electron chi connectivity index (χ2n) is 4.23. The zero-order valence-electron chi connectivity index (χ0n) is 11.7. The third-order valence-electron chi connectivity index (χ3n) is 2.50. The van der Waals surface area contributed by atoms with Crippen LogP contribution in [0.1, 0.15) is 29.8 Å². The third kappa shape index (κ3) is 5.00. The SMILES string of the molecule is CCOCC(C)NC(=O)c1ccc(F)cc1C#CCN. The summed E-state index contributed by atoms with van der Waals surface area (Å²) in [5, 5.41) is 2.78. The number of hydrogen-bond donors (Lipinski definition) is 2. The van der Waals surface area contributed by atoms with Crippen LogP contribution in [0, 0.1) is 17.7 Å². The molecule has 4 nitrogen and oxygen atoms in total. The maximum Gasteiger partial charge on any atom is 0.252 e. The average Bonchev–Trinajstić information content (AvgIpc) is 2.42. The second-order valence-corrected chi connectivity index (χ2v) is 4.23. The molecule has 0 bridgehead atoms. The van der Waals surface area contributed by atoms with E-state index in [0.29, 0.717) is 24.3 Å². The second kappa shape index (κ2) is 8.31. The predicted molar refractivity (Wildman–Crippen MR) is 75.8 cm³/mol. The molecule has 5 heteroatoms. The summed E-state index contributed by atoms with van der Waals surface area (Å²) in [5.74, 6) is 4.58. The first-order chi connectivity index (χ1) is 9.58. The number of benzene rings is 1. The highest BCUT2D eigenvalue weighted by atomic mass is 19.1. The first-order valence-corrected chi connectivity index (χ1v) is 6.45. The van der Waals surface area contributed by atoms with Crippen LogP contribution < -0.4 is 11.1 Å². The topological polar surface area (TPSA) is 64.3 Å². The Hall–Kier alpha value is -1.90. The minimum absolute atomic E-state index is 0.136. The minimum Gasteiger partial charge on any atom is -0.380 e. The van der Waals surface area contributed by atoms with E-state index in [1.54, 1.807) is 0 Å². The van der Waals surface area contributed by atoms with Gasteiger partial charge in [-0.15, -0.1) is 0 Å². The number of hydrogen-bond acceptors (Lipinski definition) is 3. The largest absolute Gasteiger partial charge is 0.380 e. The molecule has 3 N–H and O–H groups in total. The predicted octanol–water partition coefficient (Wildman–Crippen LogP) is 1.29. The summed E-state index contributed by atoms with van der Waals surface area (Å²) in [6.07, 6.45) is 0. The maximum absolute atomic E-state index is 13.2. The Kier molecular flexibility index (Phi) is 6.71. The van der Waals surface area contributed by atoms with E-state index in [9.17, 15) is 9.18 Å². The fourth-order valence-electron chi connectivity index (χ4n) is 1.60. The maximum atomic E-state index is 13.2. The van der Waals surface area contributed by atoms with Gasteiger partial charge >= 0.3 is 0 Å². The molecular weight excluding hydrogens is 259 g/mol. The molecule has 0 aliphatic heterocycles. The van der Waals surface area contributed by atoms with E-state index in [0.717, 1.165) is 0 Å². The van der Waals surface area contributed by atoms with Crippen molar-refractivity contribution in [1.29, 1.82) is 0 Å². The van der Waals surface area contributed by atoms with Gasteiger partial charge in [0.25, 0.3) is 5.91 Å². The van der Waals surface area contributed by atoms with Crippen molar-refractivity contribution in [3.63, 3.8) is 0 Å². The van der Waals surface area contributed by atoms with Crippen molar-refractivity contribution in [2.45, 2.75) is 19.9 Å². The van der Waals surface area contributed by atoms with Gasteiger partial charge in [-0.2, -0.15) is 0 Å². The van der Waals surface area contributed by atoms with Gasteiger partial charge in [-0.3, -0.25) is 4.79 Å². The lowest BCUT2D eigenvalue weighted by atomic mass is 10.1. The van der Waals surface area contributed by atoms with Crippen molar-refractivity contribution in [3.8, 4) is 11.8 Å². The van der Waals surface area contributed by atoms with Crippen molar-refractivity contribution in [2.75, 3.05) is 19.8 Å². The molecule has 0 saturated carbocycles. The molecule has 1 amide bonds. The molecule has 1 atom stereocenters. The number of ether oxygens (including phenoxy) is 1. The molecule has 1 rings (SSSR count). The molecule has 0 heterocycles. The fraction of sp³-hybridized carbons (Fsp3) is 0.400. The molecule has 0 saturated heterocycles. The number of halogens is 1. The number of amides is 1. The summed E-state index contributed by atoms with van der Waals surface area (Å²) in [5.41, 5.74) is 5.95. The number of carbonyl (C=O) groups is 1. The minimum atomic E-state index is -0.440. The van der Waals surface area contributed by atoms with Crippen LogP contribution in [0.2, 0.25) is 0 Å². The molecule has 1 unspecified atom stereocenters. The summed E-state index contributed by atoms with van der Waals surface area (Å²) < 4.78 is 18.4. The smallest absolute Gasteiger partial charge is 0.252 e. The molecule has 1 aromatic rings. The standard InChI is InChI=1S/C15H19FN2O2/c1-3-20-10-11(2)18-15(19)14-7-6-13(16)9-12(14)5-4-8-17/h6-7,9,11H,3,8,10,17H2,1-2H3,(H,18,19). The Morgan fingerprint density at radius 3 is 2.95 bits per heavy atom. The van der Waals surface area contributed by atoms with Gasteiger partial charge in [0, 0.05) is 18.2 Å². The van der Waals surface area contributed by atoms with E-state index in [1.807, 2.05) is 13.8 Å². The normalized spacial score (nSPS) is 11.4. The van der Waals surface area contributed by atoms with E-state index in [-0.39, 0.29) is 18.5 Å². The Balaban J connectivity index is 2.86. The number of carbonyl (C=O) groups excluding carboxylic acids is 1. The van der Waals surface area contributed by atoms with Crippen LogP contribution >= 0.6 is 0 Å². The lowest BCUT2D eigenvalue weighted by Crippen LogP contribution is -2.36. The first kappa shape index (κ1) is 16.2. The molecule has 0 spiro atoms. The average molecular weight is 278 g/mol. The fourth-order valence-corrected chi connectivity index (χ4v) is 1.60. The summed E-state index contributed by atoms with van der Waals surface area (Å²) >= 11 is 0. The van der Waals surface area contributed by atoms with Crippen LogP contribution in [0.3, 0.4) is 0 Å². The van der Waals surface area contributed by atoms with Gasteiger partial charge in [0.15, 0.2) is 0 Å². The van der Waals surface area contributed by atoms with Crippen molar-refractivity contribution < 1.29 is 13.9 Å². The first-order valence-electron chi connectivity index (χ1n) is 6.45. The van der Waals surface area contributed by atoms with E-state index >= 15 is 0 Å². The number of rotatable bonds is 5. The van der Waals surface area contributed by atoms with Crippen LogP contribution in [0.15, 0.2) is 18.2 Å². The molecule has 0 aliphatic rings. The monoisotopic (exact) mass is 278 g/mol. The Bertz CT molecular complexity index is 520. The Morgan fingerprint density at radius 2 is 2.30 bits per heavy atom. The van der Waals surface area contributed by atoms with Crippen molar-refractivity contribution in [2.24, 2.45) is 5.73 Å². The molecule has 0 radical (unpaired) electrons. The number of nitrogens with two attached hydrogens (primary N) is 1. The van der Waals surface area contributed by atoms with Crippen LogP contribution in [0.25, 0.3) is 0 Å². The van der Waals surface area contributed by atoms with E-state index in [1.165, 1.54) is 18.2 Å². The van der Waals surface area contributed by atoms with Crippen LogP contribution in [-0.4, -0.2) is 31.7 Å². The van der Waals surface area contributed by atoms with Crippen LogP contribution in [-0.2, 0) is 4.74 Å². The highest BCUT2D eigenvalue weighted by Gasteiger charge is 2.13. The van der Waals surface area contributed by atoms with Crippen molar-refractivity contribution in [3.05, 3.63) is 35.1 Å². The molecule has 0 aliphatic carbocycles. The van der Waals surface area contributed by atoms with Gasteiger partial charge < -0.3 is 15.8 Å². The lowest BCUT2D eigenvalue weighted by molar-refractivity contribution is 0.0871. The number of nitrogens with one attached hydrogen (secondary N) is 1. The highest BCUT2D eigenvalue weighted by molar-refractivity contribution is 5.96.